The Morgan fingerprint density at radius 1 is 0.306 bits per heavy atom. The van der Waals surface area contributed by atoms with E-state index in [1.807, 2.05) is 22.7 Å². The zero-order valence-electron chi connectivity index (χ0n) is 80.4. The van der Waals surface area contributed by atoms with E-state index in [1.54, 1.807) is 0 Å². The predicted molar refractivity (Wildman–Crippen MR) is 575 cm³/mol. The Labute approximate surface area is 794 Å². The lowest BCUT2D eigenvalue weighted by atomic mass is 9.33. The van der Waals surface area contributed by atoms with Crippen LogP contribution in [0.15, 0.2) is 264 Å². The average Bonchev–Trinajstić information content (AvgIpc) is 1.46. The van der Waals surface area contributed by atoms with Gasteiger partial charge < -0.3 is 37.6 Å². The lowest BCUT2D eigenvalue weighted by Crippen LogP contribution is -2.60. The molecule has 4 atom stereocenters. The number of para-hydroxylation sites is 3. The maximum atomic E-state index is 6.99. The van der Waals surface area contributed by atoms with E-state index in [0.717, 1.165) is 68.1 Å². The highest BCUT2D eigenvalue weighted by Gasteiger charge is 2.61. The van der Waals surface area contributed by atoms with Crippen LogP contribution in [-0.2, 0) is 32.5 Å². The van der Waals surface area contributed by atoms with Gasteiger partial charge in [0.1, 0.15) is 16.7 Å². The third kappa shape index (κ3) is 10.7. The molecule has 8 nitrogen and oxygen atoms in total. The van der Waals surface area contributed by atoms with E-state index in [1.165, 1.54) is 235 Å². The maximum absolute atomic E-state index is 6.99. The molecule has 0 spiro atoms. The van der Waals surface area contributed by atoms with Crippen molar-refractivity contribution in [3.63, 3.8) is 0 Å². The monoisotopic (exact) mass is 1780 g/mol. The summed E-state index contributed by atoms with van der Waals surface area (Å²) in [5.41, 5.74) is 43.2. The van der Waals surface area contributed by atoms with Gasteiger partial charge in [0.15, 0.2) is 5.58 Å². The molecule has 6 aliphatic heterocycles. The normalized spacial score (nSPS) is 19.8. The second kappa shape index (κ2) is 27.2. The number of benzene rings is 14. The average molecular weight is 1780 g/mol. The molecule has 0 bridgehead atoms. The van der Waals surface area contributed by atoms with Crippen molar-refractivity contribution in [1.29, 1.82) is 0 Å². The summed E-state index contributed by atoms with van der Waals surface area (Å²) in [6.45, 7) is 43.3. The van der Waals surface area contributed by atoms with Gasteiger partial charge >= 0.3 is 0 Å². The van der Waals surface area contributed by atoms with Gasteiger partial charge in [-0.25, -0.2) is 0 Å². The Balaban J connectivity index is 0.000000136. The van der Waals surface area contributed by atoms with Crippen LogP contribution in [-0.4, -0.2) is 33.6 Å². The molecule has 14 aromatic carbocycles. The zero-order chi connectivity index (χ0) is 91.4. The lowest BCUT2D eigenvalue weighted by molar-refractivity contribution is 0.195. The Morgan fingerprint density at radius 2 is 0.716 bits per heavy atom. The summed E-state index contributed by atoms with van der Waals surface area (Å²) in [7, 11) is 0. The minimum Gasteiger partial charge on any atom is -0.456 e. The van der Waals surface area contributed by atoms with E-state index < -0.39 is 0 Å². The summed E-state index contributed by atoms with van der Waals surface area (Å²) in [5, 5.41) is 9.96. The number of furan rings is 2. The smallest absolute Gasteiger partial charge is 0.252 e. The molecule has 6 aromatic heterocycles. The second-order valence-corrected chi connectivity index (χ2v) is 48.0. The summed E-state index contributed by atoms with van der Waals surface area (Å²) < 4.78 is 24.4. The molecule has 660 valence electrons. The third-order valence-corrected chi connectivity index (χ3v) is 36.5. The minimum absolute atomic E-state index is 0.0146. The molecule has 134 heavy (non-hydrogen) atoms. The van der Waals surface area contributed by atoms with Crippen LogP contribution in [0.2, 0.25) is 0 Å². The van der Waals surface area contributed by atoms with Crippen LogP contribution in [0.5, 0.6) is 0 Å². The number of aromatic nitrogens is 2. The summed E-state index contributed by atoms with van der Waals surface area (Å²) in [5.74, 6) is 0. The molecule has 2 saturated carbocycles. The zero-order valence-corrected chi connectivity index (χ0v) is 82.0. The Hall–Kier alpha value is -12.5. The molecule has 4 unspecified atom stereocenters. The molecule has 8 aliphatic rings. The molecule has 2 aliphatic carbocycles. The van der Waals surface area contributed by atoms with Crippen molar-refractivity contribution in [1.82, 2.24) is 9.13 Å². The molecule has 0 N–H and O–H groups in total. The number of thiophene rings is 2. The first-order chi connectivity index (χ1) is 64.3. The summed E-state index contributed by atoms with van der Waals surface area (Å²) >= 11 is 3.90. The van der Waals surface area contributed by atoms with Gasteiger partial charge in [0.2, 0.25) is 0 Å². The van der Waals surface area contributed by atoms with Crippen LogP contribution in [0.25, 0.3) is 118 Å². The Morgan fingerprint density at radius 3 is 1.21 bits per heavy atom. The van der Waals surface area contributed by atoms with E-state index in [2.05, 4.69) is 408 Å². The molecule has 12 heteroatoms. The van der Waals surface area contributed by atoms with E-state index in [9.17, 15) is 0 Å². The van der Waals surface area contributed by atoms with Gasteiger partial charge in [-0.3, -0.25) is 0 Å². The van der Waals surface area contributed by atoms with Crippen molar-refractivity contribution in [2.45, 2.75) is 220 Å². The largest absolute Gasteiger partial charge is 0.456 e. The molecule has 20 aromatic rings. The molecular formula is C122H112B2N6O2S2. The summed E-state index contributed by atoms with van der Waals surface area (Å²) in [6.07, 6.45) is 9.67. The fraction of sp³-hybridized carbons (Fsp3) is 0.279. The molecule has 2 fully saturated rings. The lowest BCUT2D eigenvalue weighted by Gasteiger charge is -2.50. The summed E-state index contributed by atoms with van der Waals surface area (Å²) in [4.78, 5) is 10.8. The quantitative estimate of drug-likeness (QED) is 0.164. The first kappa shape index (κ1) is 81.1. The Kier molecular flexibility index (Phi) is 16.5. The van der Waals surface area contributed by atoms with Crippen LogP contribution in [0.1, 0.15) is 207 Å². The molecule has 0 saturated heterocycles. The van der Waals surface area contributed by atoms with Crippen LogP contribution >= 0.6 is 22.7 Å². The first-order valence-corrected chi connectivity index (χ1v) is 50.8. The number of anilines is 10. The van der Waals surface area contributed by atoms with Gasteiger partial charge in [-0.15, -0.1) is 22.7 Å². The number of hydrogen-bond acceptors (Lipinski definition) is 8. The number of nitrogens with zero attached hydrogens (tertiary/aromatic N) is 6. The van der Waals surface area contributed by atoms with Crippen LogP contribution < -0.4 is 52.4 Å². The number of hydrogen-bond donors (Lipinski definition) is 0. The van der Waals surface area contributed by atoms with E-state index in [-0.39, 0.29) is 57.0 Å². The van der Waals surface area contributed by atoms with Gasteiger partial charge in [0, 0.05) is 115 Å². The third-order valence-electron chi connectivity index (χ3n) is 34.1. The molecule has 0 amide bonds. The van der Waals surface area contributed by atoms with Crippen molar-refractivity contribution < 1.29 is 8.83 Å². The summed E-state index contributed by atoms with van der Waals surface area (Å²) in [6, 6.07) is 98.7. The minimum atomic E-state index is -0.0916. The highest BCUT2D eigenvalue weighted by molar-refractivity contribution is 7.27. The molecule has 0 radical (unpaired) electrons. The van der Waals surface area contributed by atoms with Crippen LogP contribution in [0, 0.1) is 13.8 Å². The van der Waals surface area contributed by atoms with Crippen LogP contribution in [0.4, 0.5) is 56.9 Å². The second-order valence-electron chi connectivity index (χ2n) is 45.9. The van der Waals surface area contributed by atoms with Gasteiger partial charge in [-0.1, -0.05) is 262 Å². The van der Waals surface area contributed by atoms with E-state index >= 15 is 0 Å². The fourth-order valence-corrected chi connectivity index (χ4v) is 29.3. The number of rotatable bonds is 4. The van der Waals surface area contributed by atoms with Crippen LogP contribution in [0.3, 0.4) is 0 Å². The molecule has 28 rings (SSSR count). The fourth-order valence-electron chi connectivity index (χ4n) is 26.9. The highest BCUT2D eigenvalue weighted by atomic mass is 32.1. The van der Waals surface area contributed by atoms with Crippen molar-refractivity contribution in [3.05, 3.63) is 299 Å². The SMILES string of the molecule is Cc1cc2c3c(c1)-n1c4c(cc(C(C)(C)C)cc4c4sc5ccccc5c41)B3c1ccc(N3c4ccc(C(C)(C)C)cc4C4(C)CCCCC34C)cc1N2c1cccc2c1oc1ccccc12.Cc1cc2c3c(c1)-n1c4c(cc(C(C)(C)C)cc4c4sc5ccccc5c41)B3c1ccc(N3c4ccc(C(C)(C)C)cc4C4(C)CCCCC34C)cc1N2c1cccc2oc3ccccc3c12. The predicted octanol–water partition coefficient (Wildman–Crippen LogP) is 30.3. The molecule has 12 heterocycles. The van der Waals surface area contributed by atoms with E-state index in [4.69, 9.17) is 8.83 Å². The van der Waals surface area contributed by atoms with Gasteiger partial charge in [-0.2, -0.15) is 0 Å². The maximum Gasteiger partial charge on any atom is 0.252 e. The van der Waals surface area contributed by atoms with Gasteiger partial charge in [0.25, 0.3) is 13.4 Å². The van der Waals surface area contributed by atoms with Crippen molar-refractivity contribution in [2.24, 2.45) is 0 Å². The van der Waals surface area contributed by atoms with Gasteiger partial charge in [-0.05, 0) is 268 Å². The van der Waals surface area contributed by atoms with Gasteiger partial charge in [0.05, 0.1) is 59.3 Å². The van der Waals surface area contributed by atoms with Crippen molar-refractivity contribution >= 4 is 232 Å². The van der Waals surface area contributed by atoms with Crippen molar-refractivity contribution in [2.75, 3.05) is 19.6 Å². The highest BCUT2D eigenvalue weighted by Crippen LogP contribution is 2.65. The van der Waals surface area contributed by atoms with E-state index in [0.29, 0.717) is 0 Å². The number of fused-ring (bicyclic) bond motifs is 30. The number of aryl methyl sites for hydroxylation is 2. The topological polar surface area (TPSA) is 49.1 Å². The Bertz CT molecular complexity index is 8620. The standard InChI is InChI=1S/2C61H56BN3OS/c1-35-29-49-53-50(30-35)64-54-42(57-55(64)41-18-11-13-22-52(41)67-57)31-37(59(5,6)7)33-45(54)62(53)44-25-24-38(34-48(44)63(49)47-20-16-19-40-39-17-10-12-21-51(39)66-56(40)47)65-46-26-23-36(58(2,3)4)32-43(46)60(8)27-14-15-28-61(60,65)9;1-35-29-48-54-49(30-35)64-55-41(57-56(64)40-18-11-13-22-52(40)67-57)31-37(59(5,6)7)33-44(55)62(54)43-25-24-38(34-47(43)63(48)46-19-16-21-51-53(46)39-17-10-12-20-50(39)66-51)65-45-26-23-36(58(2,3)4)32-42(45)60(8)27-14-15-28-61(60,65)9/h2*10-13,16-26,29-34H,14-15,27-28H2,1-9H3. The first-order valence-electron chi connectivity index (χ1n) is 49.2. The van der Waals surface area contributed by atoms with Crippen molar-refractivity contribution in [3.8, 4) is 11.4 Å². The molecular weight excluding hydrogens is 1670 g/mol.